The van der Waals surface area contributed by atoms with E-state index in [1.165, 1.54) is 23.7 Å². The largest absolute Gasteiger partial charge is 0.497 e. The molecule has 0 radical (unpaired) electrons. The van der Waals surface area contributed by atoms with Gasteiger partial charge in [-0.1, -0.05) is 23.7 Å². The van der Waals surface area contributed by atoms with E-state index in [2.05, 4.69) is 16.0 Å². The topological polar surface area (TPSA) is 103 Å². The van der Waals surface area contributed by atoms with Crippen LogP contribution in [0.2, 0.25) is 5.02 Å². The van der Waals surface area contributed by atoms with E-state index in [-0.39, 0.29) is 29.8 Å². The summed E-state index contributed by atoms with van der Waals surface area (Å²) in [6.45, 7) is 0. The van der Waals surface area contributed by atoms with Crippen LogP contribution in [0.3, 0.4) is 0 Å². The molecule has 180 valence electrons. The van der Waals surface area contributed by atoms with E-state index in [9.17, 15) is 14.4 Å². The Morgan fingerprint density at radius 2 is 1.76 bits per heavy atom. The number of thioether (sulfide) groups is 1. The Morgan fingerprint density at radius 1 is 1.09 bits per heavy atom. The van der Waals surface area contributed by atoms with Crippen molar-refractivity contribution in [3.63, 3.8) is 0 Å². The maximum absolute atomic E-state index is 13.1. The van der Waals surface area contributed by atoms with Crippen LogP contribution >= 0.6 is 23.4 Å². The minimum absolute atomic E-state index is 0.119. The Labute approximate surface area is 207 Å². The van der Waals surface area contributed by atoms with Gasteiger partial charge in [0.15, 0.2) is 0 Å². The summed E-state index contributed by atoms with van der Waals surface area (Å²) in [7, 11) is 4.74. The number of imide groups is 1. The maximum Gasteiger partial charge on any atom is 0.327 e. The molecular weight excluding hydrogens is 478 g/mol. The summed E-state index contributed by atoms with van der Waals surface area (Å²) in [6.07, 6.45) is -0.864. The van der Waals surface area contributed by atoms with Crippen molar-refractivity contribution < 1.29 is 19.1 Å². The Kier molecular flexibility index (Phi) is 7.32. The quantitative estimate of drug-likeness (QED) is 0.557. The SMILES string of the molecule is COc1ccc(C2NC(SCC(=O)Nc3ccc(Cl)cc3)C3C(=O)N(C)C(=O)N(C)C3N2)cc1. The summed E-state index contributed by atoms with van der Waals surface area (Å²) in [6, 6.07) is 14.0. The van der Waals surface area contributed by atoms with Crippen LogP contribution < -0.4 is 20.7 Å². The number of halogens is 1. The van der Waals surface area contributed by atoms with Crippen molar-refractivity contribution in [2.24, 2.45) is 5.92 Å². The molecule has 4 atom stereocenters. The lowest BCUT2D eigenvalue weighted by molar-refractivity contribution is -0.140. The van der Waals surface area contributed by atoms with Gasteiger partial charge in [0.1, 0.15) is 5.75 Å². The number of ether oxygens (including phenoxy) is 1. The van der Waals surface area contributed by atoms with Gasteiger partial charge >= 0.3 is 6.03 Å². The van der Waals surface area contributed by atoms with Gasteiger partial charge in [0, 0.05) is 24.8 Å². The van der Waals surface area contributed by atoms with E-state index in [1.54, 1.807) is 38.4 Å². The first-order chi connectivity index (χ1) is 16.3. The maximum atomic E-state index is 13.1. The summed E-state index contributed by atoms with van der Waals surface area (Å²) in [5.41, 5.74) is 1.56. The van der Waals surface area contributed by atoms with Crippen molar-refractivity contribution in [1.82, 2.24) is 20.4 Å². The van der Waals surface area contributed by atoms with Gasteiger partial charge < -0.3 is 15.0 Å². The molecule has 2 aliphatic heterocycles. The number of carbonyl (C=O) groups is 3. The number of rotatable bonds is 6. The zero-order valence-electron chi connectivity index (χ0n) is 18.9. The zero-order valence-corrected chi connectivity index (χ0v) is 20.5. The highest BCUT2D eigenvalue weighted by Crippen LogP contribution is 2.34. The Hall–Kier alpha value is -2.79. The molecule has 0 spiro atoms. The van der Waals surface area contributed by atoms with Crippen molar-refractivity contribution in [2.75, 3.05) is 32.3 Å². The number of methoxy groups -OCH3 is 1. The fraction of sp³-hybridized carbons (Fsp3) is 0.348. The van der Waals surface area contributed by atoms with Crippen LogP contribution in [0.1, 0.15) is 11.7 Å². The third-order valence-electron chi connectivity index (χ3n) is 5.93. The van der Waals surface area contributed by atoms with Gasteiger partial charge in [-0.15, -0.1) is 11.8 Å². The molecule has 9 nitrogen and oxygen atoms in total. The van der Waals surface area contributed by atoms with Crippen molar-refractivity contribution in [3.8, 4) is 5.75 Å². The molecule has 0 aliphatic carbocycles. The fourth-order valence-corrected chi connectivity index (χ4v) is 5.32. The number of carbonyl (C=O) groups excluding carboxylic acids is 3. The number of anilines is 1. The normalized spacial score (nSPS) is 24.6. The van der Waals surface area contributed by atoms with E-state index in [0.29, 0.717) is 10.7 Å². The van der Waals surface area contributed by atoms with Gasteiger partial charge in [0.05, 0.1) is 36.5 Å². The molecule has 3 N–H and O–H groups in total. The van der Waals surface area contributed by atoms with Crippen LogP contribution in [0.5, 0.6) is 5.75 Å². The first-order valence-electron chi connectivity index (χ1n) is 10.7. The highest BCUT2D eigenvalue weighted by Gasteiger charge is 2.51. The lowest BCUT2D eigenvalue weighted by Crippen LogP contribution is -2.72. The van der Waals surface area contributed by atoms with Crippen LogP contribution in [0.25, 0.3) is 0 Å². The van der Waals surface area contributed by atoms with Crippen LogP contribution in [0.15, 0.2) is 48.5 Å². The van der Waals surface area contributed by atoms with Crippen LogP contribution in [0, 0.1) is 5.92 Å². The lowest BCUT2D eigenvalue weighted by atomic mass is 9.96. The molecular formula is C23H26ClN5O4S. The monoisotopic (exact) mass is 503 g/mol. The molecule has 0 aromatic heterocycles. The van der Waals surface area contributed by atoms with Crippen molar-refractivity contribution in [2.45, 2.75) is 17.7 Å². The zero-order chi connectivity index (χ0) is 24.4. The Morgan fingerprint density at radius 3 is 2.41 bits per heavy atom. The van der Waals surface area contributed by atoms with E-state index < -0.39 is 17.5 Å². The molecule has 2 heterocycles. The number of hydrogen-bond acceptors (Lipinski definition) is 7. The molecule has 2 fully saturated rings. The highest BCUT2D eigenvalue weighted by molar-refractivity contribution is 8.00. The molecule has 2 saturated heterocycles. The van der Waals surface area contributed by atoms with Crippen LogP contribution in [-0.4, -0.2) is 66.1 Å². The molecule has 0 bridgehead atoms. The second-order valence-corrected chi connectivity index (χ2v) is 9.65. The van der Waals surface area contributed by atoms with Gasteiger partial charge in [-0.3, -0.25) is 25.1 Å². The van der Waals surface area contributed by atoms with Gasteiger partial charge in [-0.2, -0.15) is 0 Å². The molecule has 2 aromatic rings. The number of nitrogens with zero attached hydrogens (tertiary/aromatic N) is 2. The average Bonchev–Trinajstić information content (AvgIpc) is 2.85. The molecule has 11 heteroatoms. The van der Waals surface area contributed by atoms with Gasteiger partial charge in [0.2, 0.25) is 11.8 Å². The molecule has 4 rings (SSSR count). The van der Waals surface area contributed by atoms with E-state index >= 15 is 0 Å². The van der Waals surface area contributed by atoms with Crippen molar-refractivity contribution >= 4 is 46.9 Å². The number of hydrogen-bond donors (Lipinski definition) is 3. The van der Waals surface area contributed by atoms with E-state index in [1.807, 2.05) is 24.3 Å². The first kappa shape index (κ1) is 24.3. The molecule has 4 unspecified atom stereocenters. The number of amides is 4. The van der Waals surface area contributed by atoms with Crippen molar-refractivity contribution in [1.29, 1.82) is 0 Å². The number of fused-ring (bicyclic) bond motifs is 1. The van der Waals surface area contributed by atoms with Crippen molar-refractivity contribution in [3.05, 3.63) is 59.1 Å². The molecule has 0 saturated carbocycles. The molecule has 4 amide bonds. The summed E-state index contributed by atoms with van der Waals surface area (Å²) >= 11 is 7.23. The van der Waals surface area contributed by atoms with Gasteiger partial charge in [-0.25, -0.2) is 4.79 Å². The smallest absolute Gasteiger partial charge is 0.327 e. The van der Waals surface area contributed by atoms with E-state index in [4.69, 9.17) is 16.3 Å². The highest BCUT2D eigenvalue weighted by atomic mass is 35.5. The summed E-state index contributed by atoms with van der Waals surface area (Å²) in [4.78, 5) is 40.9. The van der Waals surface area contributed by atoms with E-state index in [0.717, 1.165) is 16.2 Å². The molecule has 2 aromatic carbocycles. The standard InChI is InChI=1S/C23H26ClN5O4S/c1-28-20-18(22(31)29(2)23(28)32)21(27-19(26-20)13-4-10-16(33-3)11-5-13)34-12-17(30)25-15-8-6-14(24)7-9-15/h4-11,18-21,26-27H,12H2,1-3H3,(H,25,30). The minimum Gasteiger partial charge on any atom is -0.497 e. The van der Waals surface area contributed by atoms with Crippen LogP contribution in [0.4, 0.5) is 10.5 Å². The predicted octanol–water partition coefficient (Wildman–Crippen LogP) is 2.70. The summed E-state index contributed by atoms with van der Waals surface area (Å²) in [5.74, 6) is -0.226. The van der Waals surface area contributed by atoms with Gasteiger partial charge in [0.25, 0.3) is 0 Å². The molecule has 2 aliphatic rings. The Balaban J connectivity index is 1.52. The second kappa shape index (κ2) is 10.2. The Bertz CT molecular complexity index is 1070. The predicted molar refractivity (Wildman–Crippen MR) is 132 cm³/mol. The van der Waals surface area contributed by atoms with Crippen LogP contribution in [-0.2, 0) is 9.59 Å². The number of nitrogens with one attached hydrogen (secondary N) is 3. The average molecular weight is 504 g/mol. The summed E-state index contributed by atoms with van der Waals surface area (Å²) in [5, 5.41) is 9.83. The third-order valence-corrected chi connectivity index (χ3v) is 7.40. The minimum atomic E-state index is -0.574. The number of benzene rings is 2. The molecule has 34 heavy (non-hydrogen) atoms. The lowest BCUT2D eigenvalue weighted by Gasteiger charge is -2.50. The number of urea groups is 1. The second-order valence-electron chi connectivity index (χ2n) is 8.09. The third kappa shape index (κ3) is 5.00. The first-order valence-corrected chi connectivity index (χ1v) is 12.1. The fourth-order valence-electron chi connectivity index (χ4n) is 4.08. The van der Waals surface area contributed by atoms with Gasteiger partial charge in [-0.05, 0) is 42.0 Å². The summed E-state index contributed by atoms with van der Waals surface area (Å²) < 4.78 is 5.24.